The van der Waals surface area contributed by atoms with E-state index in [1.807, 2.05) is 31.2 Å². The second-order valence-electron chi connectivity index (χ2n) is 4.64. The number of carbonyl (C=O) groups excluding carboxylic acids is 1. The quantitative estimate of drug-likeness (QED) is 0.795. The third-order valence-corrected chi connectivity index (χ3v) is 4.15. The smallest absolute Gasteiger partial charge is 0.238 e. The molecule has 1 aromatic carbocycles. The van der Waals surface area contributed by atoms with Gasteiger partial charge in [-0.15, -0.1) is 36.6 Å². The number of carbonyl (C=O) groups is 1. The number of aromatic amines is 1. The van der Waals surface area contributed by atoms with Gasteiger partial charge in [-0.25, -0.2) is 4.98 Å². The van der Waals surface area contributed by atoms with Crippen LogP contribution >= 0.6 is 36.6 Å². The van der Waals surface area contributed by atoms with Crippen molar-refractivity contribution in [1.82, 2.24) is 20.6 Å². The van der Waals surface area contributed by atoms with E-state index in [9.17, 15) is 4.79 Å². The lowest BCUT2D eigenvalue weighted by atomic mass is 10.2. The fourth-order valence-corrected chi connectivity index (χ4v) is 3.07. The lowest BCUT2D eigenvalue weighted by molar-refractivity contribution is -0.123. The number of rotatable bonds is 3. The van der Waals surface area contributed by atoms with E-state index in [0.717, 1.165) is 28.5 Å². The highest BCUT2D eigenvalue weighted by Gasteiger charge is 2.24. The molecule has 0 spiro atoms. The summed E-state index contributed by atoms with van der Waals surface area (Å²) in [5.41, 5.74) is 1.92. The molecule has 5 nitrogen and oxygen atoms in total. The highest BCUT2D eigenvalue weighted by atomic mass is 35.5. The van der Waals surface area contributed by atoms with Crippen molar-refractivity contribution >= 4 is 53.5 Å². The maximum atomic E-state index is 12.0. The Morgan fingerprint density at radius 2 is 2.19 bits per heavy atom. The van der Waals surface area contributed by atoms with Gasteiger partial charge in [0.15, 0.2) is 0 Å². The van der Waals surface area contributed by atoms with E-state index in [1.165, 1.54) is 0 Å². The van der Waals surface area contributed by atoms with E-state index in [-0.39, 0.29) is 42.8 Å². The van der Waals surface area contributed by atoms with Gasteiger partial charge in [-0.05, 0) is 19.1 Å². The van der Waals surface area contributed by atoms with Gasteiger partial charge in [0.25, 0.3) is 0 Å². The molecule has 0 aliphatic carbocycles. The molecule has 116 valence electrons. The van der Waals surface area contributed by atoms with Gasteiger partial charge in [-0.1, -0.05) is 12.1 Å². The van der Waals surface area contributed by atoms with Gasteiger partial charge >= 0.3 is 0 Å². The minimum absolute atomic E-state index is 0. The summed E-state index contributed by atoms with van der Waals surface area (Å²) in [6, 6.07) is 7.65. The number of hydrogen-bond acceptors (Lipinski definition) is 4. The normalized spacial score (nSPS) is 18.6. The minimum Gasteiger partial charge on any atom is -0.345 e. The third-order valence-electron chi connectivity index (χ3n) is 3.21. The number of imidazole rings is 1. The first-order valence-corrected chi connectivity index (χ1v) is 7.45. The van der Waals surface area contributed by atoms with E-state index in [4.69, 9.17) is 0 Å². The molecule has 2 atom stereocenters. The van der Waals surface area contributed by atoms with Gasteiger partial charge in [0.1, 0.15) is 5.82 Å². The number of amides is 1. The third kappa shape index (κ3) is 4.03. The van der Waals surface area contributed by atoms with Crippen LogP contribution in [-0.4, -0.2) is 33.5 Å². The molecule has 2 unspecified atom stereocenters. The first-order valence-electron chi connectivity index (χ1n) is 6.30. The summed E-state index contributed by atoms with van der Waals surface area (Å²) in [6.07, 6.45) is 0. The van der Waals surface area contributed by atoms with Crippen LogP contribution in [0.15, 0.2) is 24.3 Å². The van der Waals surface area contributed by atoms with Crippen LogP contribution in [0.3, 0.4) is 0 Å². The van der Waals surface area contributed by atoms with Gasteiger partial charge in [0, 0.05) is 11.6 Å². The maximum absolute atomic E-state index is 12.0. The molecule has 0 saturated carbocycles. The van der Waals surface area contributed by atoms with Gasteiger partial charge in [0.05, 0.1) is 23.1 Å². The fourth-order valence-electron chi connectivity index (χ4n) is 2.12. The second kappa shape index (κ2) is 7.89. The molecule has 8 heteroatoms. The molecule has 1 aromatic heterocycles. The standard InChI is InChI=1S/C13H16N4OS.2ClH/c1-8(15-13(18)11-6-19-7-14-11)12-16-9-4-2-3-5-10(9)17-12;;/h2-5,8,11,14H,6-7H2,1H3,(H,15,18)(H,16,17);2*1H. The Hall–Kier alpha value is -0.950. The molecule has 2 aromatic rings. The number of halogens is 2. The average Bonchev–Trinajstić information content (AvgIpc) is 3.07. The number of nitrogens with one attached hydrogen (secondary N) is 3. The summed E-state index contributed by atoms with van der Waals surface area (Å²) in [7, 11) is 0. The molecule has 1 amide bonds. The van der Waals surface area contributed by atoms with Crippen molar-refractivity contribution in [3.8, 4) is 0 Å². The van der Waals surface area contributed by atoms with Crippen LogP contribution in [-0.2, 0) is 4.79 Å². The number of aromatic nitrogens is 2. The molecule has 3 N–H and O–H groups in total. The molecule has 0 radical (unpaired) electrons. The zero-order chi connectivity index (χ0) is 13.2. The Kier molecular flexibility index (Phi) is 6.80. The van der Waals surface area contributed by atoms with Gasteiger partial charge in [-0.3, -0.25) is 10.1 Å². The Morgan fingerprint density at radius 3 is 2.86 bits per heavy atom. The van der Waals surface area contributed by atoms with E-state index in [2.05, 4.69) is 20.6 Å². The van der Waals surface area contributed by atoms with Crippen molar-refractivity contribution in [2.24, 2.45) is 0 Å². The molecule has 1 aliphatic heterocycles. The first-order chi connectivity index (χ1) is 9.24. The van der Waals surface area contributed by atoms with Crippen molar-refractivity contribution in [3.05, 3.63) is 30.1 Å². The lowest BCUT2D eigenvalue weighted by Crippen LogP contribution is -2.43. The number of nitrogens with zero attached hydrogens (tertiary/aromatic N) is 1. The summed E-state index contributed by atoms with van der Waals surface area (Å²) < 4.78 is 0. The summed E-state index contributed by atoms with van der Waals surface area (Å²) in [5, 5.41) is 6.15. The van der Waals surface area contributed by atoms with E-state index >= 15 is 0 Å². The molecular formula is C13H18Cl2N4OS. The first kappa shape index (κ1) is 18.1. The molecule has 1 saturated heterocycles. The number of benzene rings is 1. The van der Waals surface area contributed by atoms with Crippen LogP contribution in [0, 0.1) is 0 Å². The van der Waals surface area contributed by atoms with Crippen molar-refractivity contribution < 1.29 is 4.79 Å². The molecule has 3 rings (SSSR count). The predicted molar refractivity (Wildman–Crippen MR) is 91.4 cm³/mol. The number of para-hydroxylation sites is 2. The van der Waals surface area contributed by atoms with Crippen LogP contribution in [0.4, 0.5) is 0 Å². The minimum atomic E-state index is -0.118. The molecule has 1 aliphatic rings. The molecule has 0 bridgehead atoms. The van der Waals surface area contributed by atoms with Crippen LogP contribution in [0.2, 0.25) is 0 Å². The van der Waals surface area contributed by atoms with Gasteiger partial charge in [0.2, 0.25) is 5.91 Å². The summed E-state index contributed by atoms with van der Waals surface area (Å²) in [6.45, 7) is 1.94. The summed E-state index contributed by atoms with van der Waals surface area (Å²) in [4.78, 5) is 19.8. The SMILES string of the molecule is CC(NC(=O)C1CSCN1)c1nc2ccccc2[nH]1.Cl.Cl. The number of hydrogen-bond donors (Lipinski definition) is 3. The van der Waals surface area contributed by atoms with Gasteiger partial charge < -0.3 is 10.3 Å². The van der Waals surface area contributed by atoms with Crippen molar-refractivity contribution in [1.29, 1.82) is 0 Å². The van der Waals surface area contributed by atoms with E-state index in [0.29, 0.717) is 0 Å². The topological polar surface area (TPSA) is 69.8 Å². The van der Waals surface area contributed by atoms with Crippen LogP contribution in [0.1, 0.15) is 18.8 Å². The van der Waals surface area contributed by atoms with E-state index in [1.54, 1.807) is 11.8 Å². The lowest BCUT2D eigenvalue weighted by Gasteiger charge is -2.15. The Balaban J connectivity index is 0.00000110. The van der Waals surface area contributed by atoms with Crippen molar-refractivity contribution in [2.75, 3.05) is 11.6 Å². The molecule has 2 heterocycles. The molecular weight excluding hydrogens is 331 g/mol. The zero-order valence-corrected chi connectivity index (χ0v) is 13.9. The number of thioether (sulfide) groups is 1. The van der Waals surface area contributed by atoms with Crippen LogP contribution in [0.5, 0.6) is 0 Å². The van der Waals surface area contributed by atoms with Crippen molar-refractivity contribution in [2.45, 2.75) is 19.0 Å². The van der Waals surface area contributed by atoms with E-state index < -0.39 is 0 Å². The highest BCUT2D eigenvalue weighted by molar-refractivity contribution is 7.99. The Bertz CT molecular complexity index is 568. The van der Waals surface area contributed by atoms with Crippen molar-refractivity contribution in [3.63, 3.8) is 0 Å². The number of fused-ring (bicyclic) bond motifs is 1. The zero-order valence-electron chi connectivity index (χ0n) is 11.5. The predicted octanol–water partition coefficient (Wildman–Crippen LogP) is 2.25. The van der Waals surface area contributed by atoms with Crippen LogP contribution < -0.4 is 10.6 Å². The molecule has 1 fully saturated rings. The fraction of sp³-hybridized carbons (Fsp3) is 0.385. The Labute approximate surface area is 139 Å². The number of H-pyrrole nitrogens is 1. The maximum Gasteiger partial charge on any atom is 0.238 e. The second-order valence-corrected chi connectivity index (χ2v) is 5.67. The van der Waals surface area contributed by atoms with Crippen LogP contribution in [0.25, 0.3) is 11.0 Å². The molecule has 21 heavy (non-hydrogen) atoms. The monoisotopic (exact) mass is 348 g/mol. The van der Waals surface area contributed by atoms with Gasteiger partial charge in [-0.2, -0.15) is 0 Å². The summed E-state index contributed by atoms with van der Waals surface area (Å²) >= 11 is 1.74. The average molecular weight is 349 g/mol. The largest absolute Gasteiger partial charge is 0.345 e. The Morgan fingerprint density at radius 1 is 1.43 bits per heavy atom. The highest BCUT2D eigenvalue weighted by Crippen LogP contribution is 2.16. The summed E-state index contributed by atoms with van der Waals surface area (Å²) in [5.74, 6) is 2.51.